The molecule has 1 aliphatic rings. The molecule has 1 saturated carbocycles. The van der Waals surface area contributed by atoms with Gasteiger partial charge in [0.05, 0.1) is 12.5 Å². The average molecular weight is 273 g/mol. The Kier molecular flexibility index (Phi) is 3.26. The largest absolute Gasteiger partial charge is 0.348 e. The molecule has 1 atom stereocenters. The summed E-state index contributed by atoms with van der Waals surface area (Å²) in [5.41, 5.74) is 1.18. The normalized spacial score (nSPS) is 15.9. The Morgan fingerprint density at radius 2 is 2.10 bits per heavy atom. The lowest BCUT2D eigenvalue weighted by molar-refractivity contribution is 0.0929. The first-order chi connectivity index (χ1) is 9.65. The molecule has 1 heterocycles. The summed E-state index contributed by atoms with van der Waals surface area (Å²) >= 11 is 0. The van der Waals surface area contributed by atoms with Crippen LogP contribution in [0.3, 0.4) is 0 Å². The van der Waals surface area contributed by atoms with Gasteiger partial charge in [0.15, 0.2) is 0 Å². The van der Waals surface area contributed by atoms with Gasteiger partial charge in [0, 0.05) is 11.7 Å². The summed E-state index contributed by atoms with van der Waals surface area (Å²) in [5.74, 6) is 0.148. The highest BCUT2D eigenvalue weighted by atomic mass is 19.1. The highest BCUT2D eigenvalue weighted by Gasteiger charge is 2.29. The Labute approximate surface area is 116 Å². The number of amides is 1. The second kappa shape index (κ2) is 5.07. The van der Waals surface area contributed by atoms with E-state index < -0.39 is 0 Å². The van der Waals surface area contributed by atoms with Crippen molar-refractivity contribution in [2.24, 2.45) is 5.92 Å². The molecule has 0 saturated heterocycles. The Bertz CT molecular complexity index is 616. The highest BCUT2D eigenvalue weighted by molar-refractivity contribution is 5.93. The number of nitrogens with zero attached hydrogens (tertiary/aromatic N) is 2. The highest BCUT2D eigenvalue weighted by Crippen LogP contribution is 2.32. The van der Waals surface area contributed by atoms with E-state index in [4.69, 9.17) is 0 Å². The lowest BCUT2D eigenvalue weighted by atomic mass is 10.2. The molecule has 104 valence electrons. The Balaban J connectivity index is 1.82. The van der Waals surface area contributed by atoms with Gasteiger partial charge in [0.25, 0.3) is 5.91 Å². The number of nitrogens with one attached hydrogen (secondary N) is 1. The van der Waals surface area contributed by atoms with Crippen molar-refractivity contribution in [1.29, 1.82) is 0 Å². The van der Waals surface area contributed by atoms with Crippen LogP contribution >= 0.6 is 0 Å². The molecule has 0 spiro atoms. The molecule has 20 heavy (non-hydrogen) atoms. The lowest BCUT2D eigenvalue weighted by Crippen LogP contribution is -2.35. The maximum atomic E-state index is 13.0. The van der Waals surface area contributed by atoms with Crippen LogP contribution in [0.1, 0.15) is 30.3 Å². The number of carbonyl (C=O) groups excluding carboxylic acids is 1. The molecule has 1 aliphatic carbocycles. The summed E-state index contributed by atoms with van der Waals surface area (Å²) in [4.78, 5) is 16.3. The van der Waals surface area contributed by atoms with E-state index in [1.54, 1.807) is 23.0 Å². The fourth-order valence-corrected chi connectivity index (χ4v) is 2.27. The van der Waals surface area contributed by atoms with Gasteiger partial charge in [-0.1, -0.05) is 0 Å². The van der Waals surface area contributed by atoms with E-state index in [1.165, 1.54) is 31.2 Å². The molecule has 1 aromatic carbocycles. The van der Waals surface area contributed by atoms with E-state index in [1.807, 2.05) is 6.92 Å². The lowest BCUT2D eigenvalue weighted by Gasteiger charge is -2.14. The van der Waals surface area contributed by atoms with Crippen molar-refractivity contribution in [2.45, 2.75) is 25.8 Å². The second-order valence-corrected chi connectivity index (χ2v) is 5.22. The van der Waals surface area contributed by atoms with Crippen molar-refractivity contribution in [3.63, 3.8) is 0 Å². The number of aromatic nitrogens is 2. The Morgan fingerprint density at radius 3 is 2.75 bits per heavy atom. The van der Waals surface area contributed by atoms with Crippen LogP contribution in [0.5, 0.6) is 0 Å². The van der Waals surface area contributed by atoms with E-state index in [0.717, 1.165) is 0 Å². The summed E-state index contributed by atoms with van der Waals surface area (Å²) in [5, 5.41) is 2.99. The van der Waals surface area contributed by atoms with Crippen LogP contribution in [0.2, 0.25) is 0 Å². The molecule has 0 aliphatic heterocycles. The number of halogens is 1. The predicted molar refractivity (Wildman–Crippen MR) is 73.2 cm³/mol. The minimum Gasteiger partial charge on any atom is -0.348 e. The number of carbonyl (C=O) groups is 1. The van der Waals surface area contributed by atoms with Crippen molar-refractivity contribution < 1.29 is 9.18 Å². The van der Waals surface area contributed by atoms with Gasteiger partial charge in [0.1, 0.15) is 11.5 Å². The Hall–Kier alpha value is -2.17. The molecular weight excluding hydrogens is 257 g/mol. The standard InChI is InChI=1S/C15H16FN3O/c1-10(11-2-3-11)18-15(20)14-8-17-9-19(14)13-6-4-12(16)5-7-13/h4-11H,2-3H2,1H3,(H,18,20). The zero-order chi connectivity index (χ0) is 14.1. The molecule has 3 rings (SSSR count). The molecule has 1 N–H and O–H groups in total. The molecule has 0 radical (unpaired) electrons. The molecule has 1 fully saturated rings. The first kappa shape index (κ1) is 12.8. The average Bonchev–Trinajstić information content (AvgIpc) is 3.17. The molecule has 1 aromatic heterocycles. The maximum Gasteiger partial charge on any atom is 0.270 e. The third-order valence-electron chi connectivity index (χ3n) is 3.66. The fraction of sp³-hybridized carbons (Fsp3) is 0.333. The van der Waals surface area contributed by atoms with E-state index in [2.05, 4.69) is 10.3 Å². The molecule has 2 aromatic rings. The molecule has 4 nitrogen and oxygen atoms in total. The van der Waals surface area contributed by atoms with Gasteiger partial charge in [-0.3, -0.25) is 9.36 Å². The SMILES string of the molecule is CC(NC(=O)c1cncn1-c1ccc(F)cc1)C1CC1. The number of hydrogen-bond acceptors (Lipinski definition) is 2. The van der Waals surface area contributed by atoms with Crippen LogP contribution in [-0.4, -0.2) is 21.5 Å². The van der Waals surface area contributed by atoms with Crippen LogP contribution in [0.15, 0.2) is 36.8 Å². The number of hydrogen-bond donors (Lipinski definition) is 1. The van der Waals surface area contributed by atoms with E-state index in [-0.39, 0.29) is 17.8 Å². The van der Waals surface area contributed by atoms with E-state index in [0.29, 0.717) is 17.3 Å². The summed E-state index contributed by atoms with van der Waals surface area (Å²) in [6.45, 7) is 2.02. The van der Waals surface area contributed by atoms with E-state index in [9.17, 15) is 9.18 Å². The van der Waals surface area contributed by atoms with Gasteiger partial charge in [-0.05, 0) is 49.9 Å². The zero-order valence-electron chi connectivity index (χ0n) is 11.2. The topological polar surface area (TPSA) is 46.9 Å². The van der Waals surface area contributed by atoms with Gasteiger partial charge >= 0.3 is 0 Å². The summed E-state index contributed by atoms with van der Waals surface area (Å²) in [7, 11) is 0. The van der Waals surface area contributed by atoms with Gasteiger partial charge in [-0.25, -0.2) is 9.37 Å². The van der Waals surface area contributed by atoms with Gasteiger partial charge in [-0.15, -0.1) is 0 Å². The van der Waals surface area contributed by atoms with Crippen LogP contribution < -0.4 is 5.32 Å². The van der Waals surface area contributed by atoms with Crippen molar-refractivity contribution in [3.05, 3.63) is 48.3 Å². The first-order valence-electron chi connectivity index (χ1n) is 6.74. The van der Waals surface area contributed by atoms with Gasteiger partial charge < -0.3 is 5.32 Å². The minimum atomic E-state index is -0.303. The van der Waals surface area contributed by atoms with Gasteiger partial charge in [0.2, 0.25) is 0 Å². The zero-order valence-corrected chi connectivity index (χ0v) is 11.2. The smallest absolute Gasteiger partial charge is 0.270 e. The van der Waals surface area contributed by atoms with Crippen molar-refractivity contribution >= 4 is 5.91 Å². The predicted octanol–water partition coefficient (Wildman–Crippen LogP) is 2.54. The number of imidazole rings is 1. The van der Waals surface area contributed by atoms with Crippen LogP contribution in [-0.2, 0) is 0 Å². The van der Waals surface area contributed by atoms with Crippen molar-refractivity contribution in [2.75, 3.05) is 0 Å². The quantitative estimate of drug-likeness (QED) is 0.930. The van der Waals surface area contributed by atoms with Crippen LogP contribution in [0.25, 0.3) is 5.69 Å². The van der Waals surface area contributed by atoms with Crippen molar-refractivity contribution in [1.82, 2.24) is 14.9 Å². The molecule has 1 unspecified atom stereocenters. The second-order valence-electron chi connectivity index (χ2n) is 5.22. The number of benzene rings is 1. The Morgan fingerprint density at radius 1 is 1.40 bits per heavy atom. The molecule has 1 amide bonds. The summed E-state index contributed by atoms with van der Waals surface area (Å²) in [6, 6.07) is 6.16. The van der Waals surface area contributed by atoms with Gasteiger partial charge in [-0.2, -0.15) is 0 Å². The van der Waals surface area contributed by atoms with E-state index >= 15 is 0 Å². The number of rotatable bonds is 4. The van der Waals surface area contributed by atoms with Crippen LogP contribution in [0.4, 0.5) is 4.39 Å². The molecule has 0 bridgehead atoms. The molecular formula is C15H16FN3O. The molecule has 5 heteroatoms. The maximum absolute atomic E-state index is 13.0. The minimum absolute atomic E-state index is 0.147. The summed E-state index contributed by atoms with van der Waals surface area (Å²) < 4.78 is 14.6. The third-order valence-corrected chi connectivity index (χ3v) is 3.66. The summed E-state index contributed by atoms with van der Waals surface area (Å²) in [6.07, 6.45) is 5.44. The van der Waals surface area contributed by atoms with Crippen LogP contribution in [0, 0.1) is 11.7 Å². The van der Waals surface area contributed by atoms with Crippen molar-refractivity contribution in [3.8, 4) is 5.69 Å². The fourth-order valence-electron chi connectivity index (χ4n) is 2.27. The first-order valence-corrected chi connectivity index (χ1v) is 6.74. The third kappa shape index (κ3) is 2.57. The monoisotopic (exact) mass is 273 g/mol.